The summed E-state index contributed by atoms with van der Waals surface area (Å²) in [6.45, 7) is 1.50. The molecule has 1 aliphatic rings. The van der Waals surface area contributed by atoms with Gasteiger partial charge in [-0.2, -0.15) is 0 Å². The highest BCUT2D eigenvalue weighted by molar-refractivity contribution is 5.78. The van der Waals surface area contributed by atoms with E-state index in [0.29, 0.717) is 12.3 Å². The van der Waals surface area contributed by atoms with Crippen molar-refractivity contribution in [2.75, 3.05) is 19.7 Å². The van der Waals surface area contributed by atoms with Gasteiger partial charge in [0.15, 0.2) is 0 Å². The van der Waals surface area contributed by atoms with Gasteiger partial charge >= 0.3 is 0 Å². The van der Waals surface area contributed by atoms with Crippen molar-refractivity contribution in [2.24, 2.45) is 5.92 Å². The van der Waals surface area contributed by atoms with Crippen molar-refractivity contribution in [3.8, 4) is 5.75 Å². The number of amides is 1. The number of alkyl halides is 2. The summed E-state index contributed by atoms with van der Waals surface area (Å²) >= 11 is 0. The maximum Gasteiger partial charge on any atom is 0.272 e. The van der Waals surface area contributed by atoms with E-state index >= 15 is 0 Å². The molecule has 1 heterocycles. The smallest absolute Gasteiger partial charge is 0.272 e. The number of rotatable bonds is 6. The molecule has 0 aliphatic carbocycles. The molecular formula is C15H20F2N2O2. The molecule has 1 amide bonds. The zero-order valence-corrected chi connectivity index (χ0v) is 11.8. The predicted octanol–water partition coefficient (Wildman–Crippen LogP) is 1.95. The fourth-order valence-electron chi connectivity index (χ4n) is 2.32. The van der Waals surface area contributed by atoms with E-state index in [1.54, 1.807) is 18.2 Å². The van der Waals surface area contributed by atoms with Crippen LogP contribution in [0.5, 0.6) is 5.75 Å². The monoisotopic (exact) mass is 298 g/mol. The molecular weight excluding hydrogens is 278 g/mol. The normalized spacial score (nSPS) is 16.0. The van der Waals surface area contributed by atoms with Crippen molar-refractivity contribution in [1.82, 2.24) is 10.6 Å². The lowest BCUT2D eigenvalue weighted by atomic mass is 9.97. The highest BCUT2D eigenvalue weighted by Crippen LogP contribution is 2.15. The number of nitrogens with one attached hydrogen (secondary N) is 2. The first-order valence-electron chi connectivity index (χ1n) is 7.13. The number of carbonyl (C=O) groups excluding carboxylic acids is 1. The molecule has 0 unspecified atom stereocenters. The maximum absolute atomic E-state index is 12.1. The Morgan fingerprint density at radius 2 is 2.14 bits per heavy atom. The van der Waals surface area contributed by atoms with Crippen LogP contribution >= 0.6 is 0 Å². The first-order valence-corrected chi connectivity index (χ1v) is 7.13. The molecule has 1 fully saturated rings. The number of hydrogen-bond donors (Lipinski definition) is 2. The lowest BCUT2D eigenvalue weighted by molar-refractivity contribution is -0.125. The van der Waals surface area contributed by atoms with Crippen LogP contribution in [0.15, 0.2) is 24.3 Å². The molecule has 0 radical (unpaired) electrons. The standard InChI is InChI=1S/C15H20F2N2O2/c16-14(17)10-21-13-3-1-2-11(8-13)9-19-15(20)12-4-6-18-7-5-12/h1-3,8,12,14,18H,4-7,9-10H2,(H,19,20). The minimum Gasteiger partial charge on any atom is -0.488 e. The minimum absolute atomic E-state index is 0.0513. The molecule has 116 valence electrons. The molecule has 1 aromatic rings. The van der Waals surface area contributed by atoms with Crippen molar-refractivity contribution in [1.29, 1.82) is 0 Å². The first kappa shape index (κ1) is 15.7. The van der Waals surface area contributed by atoms with Gasteiger partial charge in [0, 0.05) is 12.5 Å². The summed E-state index contributed by atoms with van der Waals surface area (Å²) < 4.78 is 29.1. The number of carbonyl (C=O) groups is 1. The molecule has 0 spiro atoms. The van der Waals surface area contributed by atoms with Crippen LogP contribution in [0.3, 0.4) is 0 Å². The summed E-state index contributed by atoms with van der Waals surface area (Å²) in [7, 11) is 0. The van der Waals surface area contributed by atoms with E-state index in [1.165, 1.54) is 0 Å². The SMILES string of the molecule is O=C(NCc1cccc(OCC(F)F)c1)C1CCNCC1. The van der Waals surface area contributed by atoms with Crippen LogP contribution in [-0.2, 0) is 11.3 Å². The van der Waals surface area contributed by atoms with E-state index in [0.717, 1.165) is 31.5 Å². The number of benzene rings is 1. The van der Waals surface area contributed by atoms with Crippen LogP contribution in [0.4, 0.5) is 8.78 Å². The number of piperidine rings is 1. The Hall–Kier alpha value is -1.69. The molecule has 6 heteroatoms. The van der Waals surface area contributed by atoms with Gasteiger partial charge in [-0.3, -0.25) is 4.79 Å². The summed E-state index contributed by atoms with van der Waals surface area (Å²) in [6.07, 6.45) is -0.791. The highest BCUT2D eigenvalue weighted by Gasteiger charge is 2.20. The van der Waals surface area contributed by atoms with Crippen LogP contribution in [0.2, 0.25) is 0 Å². The Bertz CT molecular complexity index is 463. The van der Waals surface area contributed by atoms with E-state index in [9.17, 15) is 13.6 Å². The topological polar surface area (TPSA) is 50.4 Å². The van der Waals surface area contributed by atoms with Gasteiger partial charge in [0.05, 0.1) is 0 Å². The Balaban J connectivity index is 1.82. The second kappa shape index (κ2) is 7.93. The largest absolute Gasteiger partial charge is 0.488 e. The number of ether oxygens (including phenoxy) is 1. The molecule has 0 saturated carbocycles. The molecule has 0 aromatic heterocycles. The fourth-order valence-corrected chi connectivity index (χ4v) is 2.32. The third-order valence-corrected chi connectivity index (χ3v) is 3.45. The quantitative estimate of drug-likeness (QED) is 0.844. The summed E-state index contributed by atoms with van der Waals surface area (Å²) in [5.41, 5.74) is 0.837. The number of halogens is 2. The second-order valence-electron chi connectivity index (χ2n) is 5.09. The molecule has 1 aromatic carbocycles. The minimum atomic E-state index is -2.49. The molecule has 2 N–H and O–H groups in total. The van der Waals surface area contributed by atoms with Crippen molar-refractivity contribution in [2.45, 2.75) is 25.8 Å². The summed E-state index contributed by atoms with van der Waals surface area (Å²) in [5, 5.41) is 6.11. The van der Waals surface area contributed by atoms with Gasteiger partial charge in [-0.15, -0.1) is 0 Å². The van der Waals surface area contributed by atoms with E-state index in [-0.39, 0.29) is 11.8 Å². The van der Waals surface area contributed by atoms with Gasteiger partial charge in [0.25, 0.3) is 6.43 Å². The predicted molar refractivity (Wildman–Crippen MR) is 75.4 cm³/mol. The van der Waals surface area contributed by atoms with Crippen LogP contribution in [0.1, 0.15) is 18.4 Å². The van der Waals surface area contributed by atoms with Gasteiger partial charge in [0.2, 0.25) is 5.91 Å². The molecule has 1 aliphatic heterocycles. The maximum atomic E-state index is 12.1. The molecule has 0 bridgehead atoms. The van der Waals surface area contributed by atoms with Crippen molar-refractivity contribution < 1.29 is 18.3 Å². The summed E-state index contributed by atoms with van der Waals surface area (Å²) in [5.74, 6) is 0.504. The van der Waals surface area contributed by atoms with E-state index < -0.39 is 13.0 Å². The van der Waals surface area contributed by atoms with Crippen LogP contribution < -0.4 is 15.4 Å². The third-order valence-electron chi connectivity index (χ3n) is 3.45. The Labute approximate surface area is 122 Å². The van der Waals surface area contributed by atoms with Crippen molar-refractivity contribution in [3.63, 3.8) is 0 Å². The van der Waals surface area contributed by atoms with Crippen molar-refractivity contribution >= 4 is 5.91 Å². The molecule has 21 heavy (non-hydrogen) atoms. The lowest BCUT2D eigenvalue weighted by Gasteiger charge is -2.21. The highest BCUT2D eigenvalue weighted by atomic mass is 19.3. The molecule has 1 saturated heterocycles. The fraction of sp³-hybridized carbons (Fsp3) is 0.533. The van der Waals surface area contributed by atoms with E-state index in [2.05, 4.69) is 10.6 Å². The molecule has 4 nitrogen and oxygen atoms in total. The Kier molecular flexibility index (Phi) is 5.92. The van der Waals surface area contributed by atoms with Gasteiger partial charge < -0.3 is 15.4 Å². The Morgan fingerprint density at radius 1 is 1.38 bits per heavy atom. The van der Waals surface area contributed by atoms with Crippen LogP contribution in [-0.4, -0.2) is 32.0 Å². The molecule has 0 atom stereocenters. The van der Waals surface area contributed by atoms with Gasteiger partial charge in [-0.1, -0.05) is 12.1 Å². The third kappa shape index (κ3) is 5.30. The van der Waals surface area contributed by atoms with Crippen molar-refractivity contribution in [3.05, 3.63) is 29.8 Å². The number of hydrogen-bond acceptors (Lipinski definition) is 3. The van der Waals surface area contributed by atoms with Gasteiger partial charge in [-0.05, 0) is 43.6 Å². The average Bonchev–Trinajstić information content (AvgIpc) is 2.52. The summed E-state index contributed by atoms with van der Waals surface area (Å²) in [4.78, 5) is 12.0. The Morgan fingerprint density at radius 3 is 2.86 bits per heavy atom. The second-order valence-corrected chi connectivity index (χ2v) is 5.09. The first-order chi connectivity index (χ1) is 10.1. The summed E-state index contributed by atoms with van der Waals surface area (Å²) in [6, 6.07) is 6.86. The molecule has 2 rings (SSSR count). The zero-order chi connectivity index (χ0) is 15.1. The van der Waals surface area contributed by atoms with Crippen LogP contribution in [0.25, 0.3) is 0 Å². The van der Waals surface area contributed by atoms with Gasteiger partial charge in [0.1, 0.15) is 12.4 Å². The lowest BCUT2D eigenvalue weighted by Crippen LogP contribution is -2.37. The van der Waals surface area contributed by atoms with E-state index in [1.807, 2.05) is 6.07 Å². The van der Waals surface area contributed by atoms with Crippen LogP contribution in [0, 0.1) is 5.92 Å². The zero-order valence-electron chi connectivity index (χ0n) is 11.8. The van der Waals surface area contributed by atoms with E-state index in [4.69, 9.17) is 4.74 Å². The van der Waals surface area contributed by atoms with Gasteiger partial charge in [-0.25, -0.2) is 8.78 Å². The average molecular weight is 298 g/mol.